The standard InChI is InChI=1S/C35H20F5N5O5/c36-26-16-6-1-11-21(26)41-32(47)17-7-2-13-23(27(17)37)43-34(49)19-9-4-15-25(29(19)39)45-35(50)20-10-5-14-24(30(20)40)44-33(48)18-8-3-12-22(28(18)38)42-31(16)46/h1-15H,(H,41,47)(H,42,46)(H,43,49)(H,44,48)(H,45,50). The maximum atomic E-state index is 15.5. The molecule has 1 aliphatic rings. The van der Waals surface area contributed by atoms with Gasteiger partial charge in [0.2, 0.25) is 0 Å². The summed E-state index contributed by atoms with van der Waals surface area (Å²) in [6.45, 7) is 0. The molecule has 10 bridgehead atoms. The fourth-order valence-electron chi connectivity index (χ4n) is 4.97. The Hall–Kier alpha value is -6.90. The maximum absolute atomic E-state index is 15.5. The van der Waals surface area contributed by atoms with Crippen molar-refractivity contribution in [1.29, 1.82) is 0 Å². The summed E-state index contributed by atoms with van der Waals surface area (Å²) in [6, 6.07) is 16.3. The number of benzene rings is 5. The van der Waals surface area contributed by atoms with E-state index in [4.69, 9.17) is 0 Å². The van der Waals surface area contributed by atoms with E-state index >= 15 is 22.0 Å². The summed E-state index contributed by atoms with van der Waals surface area (Å²) in [4.78, 5) is 65.1. The molecule has 0 aromatic heterocycles. The average molecular weight is 686 g/mol. The van der Waals surface area contributed by atoms with E-state index in [1.807, 2.05) is 0 Å². The third-order valence-electron chi connectivity index (χ3n) is 7.46. The van der Waals surface area contributed by atoms with Crippen molar-refractivity contribution in [3.05, 3.63) is 148 Å². The summed E-state index contributed by atoms with van der Waals surface area (Å²) < 4.78 is 77.4. The van der Waals surface area contributed by atoms with Crippen LogP contribution in [-0.2, 0) is 0 Å². The molecule has 15 heteroatoms. The summed E-state index contributed by atoms with van der Waals surface area (Å²) in [6.07, 6.45) is 0. The molecule has 1 aliphatic heterocycles. The summed E-state index contributed by atoms with van der Waals surface area (Å²) in [5.74, 6) is -12.4. The number of anilines is 5. The van der Waals surface area contributed by atoms with Crippen molar-refractivity contribution in [3.8, 4) is 0 Å². The minimum Gasteiger partial charge on any atom is -0.319 e. The Bertz CT molecular complexity index is 1910. The van der Waals surface area contributed by atoms with Gasteiger partial charge >= 0.3 is 0 Å². The van der Waals surface area contributed by atoms with Crippen LogP contribution in [0.4, 0.5) is 50.4 Å². The van der Waals surface area contributed by atoms with Gasteiger partial charge in [0.15, 0.2) is 29.1 Å². The highest BCUT2D eigenvalue weighted by atomic mass is 19.1. The summed E-state index contributed by atoms with van der Waals surface area (Å²) in [7, 11) is 0. The lowest BCUT2D eigenvalue weighted by Crippen LogP contribution is -2.20. The van der Waals surface area contributed by atoms with Gasteiger partial charge in [-0.05, 0) is 60.7 Å². The van der Waals surface area contributed by atoms with Crippen LogP contribution in [0.25, 0.3) is 0 Å². The average Bonchev–Trinajstić information content (AvgIpc) is 3.08. The number of halogens is 5. The first-order valence-corrected chi connectivity index (χ1v) is 14.4. The van der Waals surface area contributed by atoms with Gasteiger partial charge < -0.3 is 26.6 Å². The van der Waals surface area contributed by atoms with Crippen molar-refractivity contribution in [3.63, 3.8) is 0 Å². The van der Waals surface area contributed by atoms with Gasteiger partial charge in [0.05, 0.1) is 56.3 Å². The molecule has 0 fully saturated rings. The summed E-state index contributed by atoms with van der Waals surface area (Å²) in [5.41, 5.74) is -6.22. The number of nitrogens with one attached hydrogen (secondary N) is 5. The Morgan fingerprint density at radius 2 is 0.440 bits per heavy atom. The van der Waals surface area contributed by atoms with Crippen LogP contribution in [0.5, 0.6) is 0 Å². The second kappa shape index (κ2) is 13.3. The molecule has 0 aliphatic carbocycles. The van der Waals surface area contributed by atoms with Gasteiger partial charge in [-0.1, -0.05) is 30.3 Å². The molecule has 0 radical (unpaired) electrons. The lowest BCUT2D eigenvalue weighted by molar-refractivity contribution is 0.100. The highest BCUT2D eigenvalue weighted by Crippen LogP contribution is 2.27. The molecule has 250 valence electrons. The van der Waals surface area contributed by atoms with E-state index in [1.165, 1.54) is 30.3 Å². The van der Waals surface area contributed by atoms with Crippen molar-refractivity contribution in [1.82, 2.24) is 0 Å². The quantitative estimate of drug-likeness (QED) is 0.112. The highest BCUT2D eigenvalue weighted by Gasteiger charge is 2.25. The minimum absolute atomic E-state index is 0.569. The first-order valence-electron chi connectivity index (χ1n) is 14.4. The zero-order chi connectivity index (χ0) is 35.7. The molecule has 0 unspecified atom stereocenters. The van der Waals surface area contributed by atoms with Crippen LogP contribution in [0.1, 0.15) is 51.8 Å². The number of carbonyl (C=O) groups is 5. The van der Waals surface area contributed by atoms with Crippen molar-refractivity contribution in [2.24, 2.45) is 0 Å². The molecule has 10 nitrogen and oxygen atoms in total. The van der Waals surface area contributed by atoms with Crippen molar-refractivity contribution in [2.45, 2.75) is 0 Å². The van der Waals surface area contributed by atoms with E-state index < -0.39 is 115 Å². The third kappa shape index (κ3) is 6.22. The van der Waals surface area contributed by atoms with Gasteiger partial charge in [-0.15, -0.1) is 0 Å². The lowest BCUT2D eigenvalue weighted by Gasteiger charge is -2.13. The molecule has 5 amide bonds. The minimum atomic E-state index is -1.28. The number of rotatable bonds is 0. The van der Waals surface area contributed by atoms with Crippen LogP contribution in [-0.4, -0.2) is 29.5 Å². The SMILES string of the molecule is O=C1Nc2cccc(c2F)C(=O)Nc2cccc(c2F)C(=O)Nc2cccc(c2F)C(=O)Nc2cccc(c2F)C(=O)Nc2cccc1c2F. The van der Waals surface area contributed by atoms with Gasteiger partial charge in [-0.3, -0.25) is 24.0 Å². The number of hydrogen-bond acceptors (Lipinski definition) is 5. The third-order valence-corrected chi connectivity index (χ3v) is 7.46. The number of amides is 5. The van der Waals surface area contributed by atoms with E-state index in [1.54, 1.807) is 0 Å². The first kappa shape index (κ1) is 33.0. The predicted molar refractivity (Wildman–Crippen MR) is 172 cm³/mol. The van der Waals surface area contributed by atoms with Crippen molar-refractivity contribution in [2.75, 3.05) is 26.6 Å². The molecule has 50 heavy (non-hydrogen) atoms. The molecule has 1 heterocycles. The lowest BCUT2D eigenvalue weighted by atomic mass is 10.1. The zero-order valence-electron chi connectivity index (χ0n) is 25.1. The Morgan fingerprint density at radius 1 is 0.280 bits per heavy atom. The molecular formula is C35H20F5N5O5. The van der Waals surface area contributed by atoms with E-state index in [2.05, 4.69) is 26.6 Å². The molecule has 0 saturated heterocycles. The molecule has 5 N–H and O–H groups in total. The Balaban J connectivity index is 1.45. The van der Waals surface area contributed by atoms with E-state index in [0.717, 1.165) is 60.7 Å². The van der Waals surface area contributed by atoms with Gasteiger partial charge in [-0.2, -0.15) is 0 Å². The monoisotopic (exact) mass is 685 g/mol. The second-order valence-corrected chi connectivity index (χ2v) is 10.6. The highest BCUT2D eigenvalue weighted by molar-refractivity contribution is 6.12. The molecule has 5 aromatic rings. The van der Waals surface area contributed by atoms with Crippen LogP contribution in [0, 0.1) is 29.1 Å². The summed E-state index contributed by atoms with van der Waals surface area (Å²) >= 11 is 0. The summed E-state index contributed by atoms with van der Waals surface area (Å²) in [5, 5.41) is 10.7. The second-order valence-electron chi connectivity index (χ2n) is 10.6. The van der Waals surface area contributed by atoms with Gasteiger partial charge in [0, 0.05) is 0 Å². The van der Waals surface area contributed by atoms with E-state index in [0.29, 0.717) is 0 Å². The largest absolute Gasteiger partial charge is 0.319 e. The van der Waals surface area contributed by atoms with Crippen LogP contribution in [0.15, 0.2) is 91.0 Å². The van der Waals surface area contributed by atoms with Crippen LogP contribution in [0.3, 0.4) is 0 Å². The van der Waals surface area contributed by atoms with Crippen molar-refractivity contribution >= 4 is 58.0 Å². The number of carbonyl (C=O) groups excluding carboxylic acids is 5. The van der Waals surface area contributed by atoms with Gasteiger partial charge in [0.25, 0.3) is 29.5 Å². The molecule has 0 spiro atoms. The molecule has 0 atom stereocenters. The first-order chi connectivity index (χ1) is 23.9. The molecular weight excluding hydrogens is 665 g/mol. The normalized spacial score (nSPS) is 13.5. The molecule has 6 rings (SSSR count). The Labute approximate surface area is 278 Å². The zero-order valence-corrected chi connectivity index (χ0v) is 25.1. The fourth-order valence-corrected chi connectivity index (χ4v) is 4.97. The molecule has 0 saturated carbocycles. The van der Waals surface area contributed by atoms with Gasteiger partial charge in [0.1, 0.15) is 0 Å². The fraction of sp³-hybridized carbons (Fsp3) is 0. The number of hydrogen-bond donors (Lipinski definition) is 5. The smallest absolute Gasteiger partial charge is 0.258 e. The van der Waals surface area contributed by atoms with Crippen LogP contribution >= 0.6 is 0 Å². The predicted octanol–water partition coefficient (Wildman–Crippen LogP) is 6.96. The van der Waals surface area contributed by atoms with E-state index in [-0.39, 0.29) is 0 Å². The Kier molecular flexibility index (Phi) is 8.79. The van der Waals surface area contributed by atoms with Crippen LogP contribution in [0.2, 0.25) is 0 Å². The van der Waals surface area contributed by atoms with Crippen LogP contribution < -0.4 is 26.6 Å². The van der Waals surface area contributed by atoms with Crippen molar-refractivity contribution < 1.29 is 45.9 Å². The topological polar surface area (TPSA) is 146 Å². The van der Waals surface area contributed by atoms with Gasteiger partial charge in [-0.25, -0.2) is 22.0 Å². The Morgan fingerprint density at radius 3 is 0.600 bits per heavy atom. The van der Waals surface area contributed by atoms with E-state index in [9.17, 15) is 24.0 Å². The molecule has 5 aromatic carbocycles. The maximum Gasteiger partial charge on any atom is 0.258 e. The number of fused-ring (bicyclic) bond motifs is 10.